The quantitative estimate of drug-likeness (QED) is 0.703. The zero-order chi connectivity index (χ0) is 6.81. The van der Waals surface area contributed by atoms with Crippen LogP contribution < -0.4 is 5.32 Å². The van der Waals surface area contributed by atoms with Gasteiger partial charge in [-0.1, -0.05) is 4.49 Å². The molecule has 1 saturated carbocycles. The molecule has 0 radical (unpaired) electrons. The summed E-state index contributed by atoms with van der Waals surface area (Å²) in [4.78, 5) is 0. The first-order valence-corrected chi connectivity index (χ1v) is 4.26. The lowest BCUT2D eigenvalue weighted by atomic mass is 9.93. The molecule has 0 unspecified atom stereocenters. The van der Waals surface area contributed by atoms with Gasteiger partial charge in [-0.15, -0.1) is 5.10 Å². The first kappa shape index (κ1) is 6.09. The first-order chi connectivity index (χ1) is 4.95. The summed E-state index contributed by atoms with van der Waals surface area (Å²) in [5, 5.41) is 8.19. The summed E-state index contributed by atoms with van der Waals surface area (Å²) < 4.78 is 3.76. The molecule has 3 nitrogen and oxygen atoms in total. The van der Waals surface area contributed by atoms with Crippen molar-refractivity contribution in [2.24, 2.45) is 0 Å². The number of nitrogens with zero attached hydrogens (tertiary/aromatic N) is 2. The Morgan fingerprint density at radius 3 is 3.00 bits per heavy atom. The van der Waals surface area contributed by atoms with E-state index in [0.717, 1.165) is 5.00 Å². The number of anilines is 1. The Morgan fingerprint density at radius 1 is 1.60 bits per heavy atom. The second-order valence-electron chi connectivity index (χ2n) is 2.55. The minimum absolute atomic E-state index is 0.697. The van der Waals surface area contributed by atoms with Crippen LogP contribution in [0.1, 0.15) is 19.3 Å². The third-order valence-electron chi connectivity index (χ3n) is 1.81. The van der Waals surface area contributed by atoms with Crippen molar-refractivity contribution >= 4 is 16.5 Å². The van der Waals surface area contributed by atoms with E-state index in [0.29, 0.717) is 6.04 Å². The van der Waals surface area contributed by atoms with Gasteiger partial charge in [0.05, 0.1) is 6.20 Å². The van der Waals surface area contributed by atoms with Crippen LogP contribution in [0.25, 0.3) is 0 Å². The van der Waals surface area contributed by atoms with Gasteiger partial charge in [0.15, 0.2) is 0 Å². The Hall–Kier alpha value is -0.640. The number of hydrogen-bond donors (Lipinski definition) is 1. The monoisotopic (exact) mass is 155 g/mol. The second-order valence-corrected chi connectivity index (χ2v) is 3.34. The molecule has 4 heteroatoms. The maximum Gasteiger partial charge on any atom is 0.130 e. The Bertz CT molecular complexity index is 193. The summed E-state index contributed by atoms with van der Waals surface area (Å²) in [7, 11) is 0. The van der Waals surface area contributed by atoms with Gasteiger partial charge in [0, 0.05) is 17.6 Å². The highest BCUT2D eigenvalue weighted by atomic mass is 32.1. The average molecular weight is 155 g/mol. The fourth-order valence-electron chi connectivity index (χ4n) is 0.985. The fourth-order valence-corrected chi connectivity index (χ4v) is 1.48. The third kappa shape index (κ3) is 1.11. The predicted octanol–water partition coefficient (Wildman–Crippen LogP) is 1.50. The average Bonchev–Trinajstić information content (AvgIpc) is 2.29. The van der Waals surface area contributed by atoms with Gasteiger partial charge < -0.3 is 5.32 Å². The maximum absolute atomic E-state index is 3.76. The standard InChI is InChI=1S/C6H9N3S/c1-2-5(3-1)8-6-4-7-9-10-6/h4-5,8H,1-3H2. The van der Waals surface area contributed by atoms with E-state index < -0.39 is 0 Å². The van der Waals surface area contributed by atoms with Gasteiger partial charge >= 0.3 is 0 Å². The van der Waals surface area contributed by atoms with E-state index >= 15 is 0 Å². The molecule has 2 rings (SSSR count). The van der Waals surface area contributed by atoms with E-state index in [4.69, 9.17) is 0 Å². The Balaban J connectivity index is 1.90. The maximum atomic E-state index is 3.76. The van der Waals surface area contributed by atoms with E-state index in [1.165, 1.54) is 30.8 Å². The molecule has 0 saturated heterocycles. The largest absolute Gasteiger partial charge is 0.372 e. The van der Waals surface area contributed by atoms with Crippen molar-refractivity contribution in [3.05, 3.63) is 6.20 Å². The Morgan fingerprint density at radius 2 is 2.50 bits per heavy atom. The molecule has 54 valence electrons. The summed E-state index contributed by atoms with van der Waals surface area (Å²) in [6.07, 6.45) is 5.75. The highest BCUT2D eigenvalue weighted by molar-refractivity contribution is 7.09. The third-order valence-corrected chi connectivity index (χ3v) is 2.41. The lowest BCUT2D eigenvalue weighted by Crippen LogP contribution is -2.26. The fraction of sp³-hybridized carbons (Fsp3) is 0.667. The minimum Gasteiger partial charge on any atom is -0.372 e. The van der Waals surface area contributed by atoms with Gasteiger partial charge in [0.1, 0.15) is 5.00 Å². The topological polar surface area (TPSA) is 37.8 Å². The van der Waals surface area contributed by atoms with Crippen molar-refractivity contribution in [3.8, 4) is 0 Å². The number of aromatic nitrogens is 2. The van der Waals surface area contributed by atoms with Gasteiger partial charge in [-0.05, 0) is 19.3 Å². The van der Waals surface area contributed by atoms with Crippen LogP contribution in [-0.4, -0.2) is 15.6 Å². The molecule has 0 atom stereocenters. The number of rotatable bonds is 2. The summed E-state index contributed by atoms with van der Waals surface area (Å²) in [6, 6.07) is 0.697. The molecule has 0 aromatic carbocycles. The predicted molar refractivity (Wildman–Crippen MR) is 41.2 cm³/mol. The molecule has 10 heavy (non-hydrogen) atoms. The molecule has 0 bridgehead atoms. The minimum atomic E-state index is 0.697. The first-order valence-electron chi connectivity index (χ1n) is 3.49. The van der Waals surface area contributed by atoms with E-state index in [1.807, 2.05) is 0 Å². The normalized spacial score (nSPS) is 18.4. The van der Waals surface area contributed by atoms with Crippen LogP contribution in [0.5, 0.6) is 0 Å². The van der Waals surface area contributed by atoms with E-state index in [9.17, 15) is 0 Å². The van der Waals surface area contributed by atoms with Crippen LogP contribution in [0.2, 0.25) is 0 Å². The summed E-state index contributed by atoms with van der Waals surface area (Å²) in [5.41, 5.74) is 0. The molecule has 1 aliphatic carbocycles. The SMILES string of the molecule is c1nnsc1NC1CCC1. The smallest absolute Gasteiger partial charge is 0.130 e. The highest BCUT2D eigenvalue weighted by Gasteiger charge is 2.17. The van der Waals surface area contributed by atoms with Crippen molar-refractivity contribution in [1.82, 2.24) is 9.59 Å². The Labute approximate surface area is 63.6 Å². The van der Waals surface area contributed by atoms with Gasteiger partial charge in [-0.2, -0.15) is 0 Å². The number of hydrogen-bond acceptors (Lipinski definition) is 4. The molecular weight excluding hydrogens is 146 g/mol. The lowest BCUT2D eigenvalue weighted by molar-refractivity contribution is 0.446. The van der Waals surface area contributed by atoms with Crippen LogP contribution >= 0.6 is 11.5 Å². The lowest BCUT2D eigenvalue weighted by Gasteiger charge is -2.25. The Kier molecular flexibility index (Phi) is 1.55. The molecule has 1 fully saturated rings. The van der Waals surface area contributed by atoms with Gasteiger partial charge in [-0.3, -0.25) is 0 Å². The van der Waals surface area contributed by atoms with Crippen molar-refractivity contribution in [3.63, 3.8) is 0 Å². The molecule has 1 aliphatic rings. The van der Waals surface area contributed by atoms with E-state index in [2.05, 4.69) is 14.9 Å². The summed E-state index contributed by atoms with van der Waals surface area (Å²) in [6.45, 7) is 0. The van der Waals surface area contributed by atoms with Crippen LogP contribution in [0.3, 0.4) is 0 Å². The number of nitrogens with one attached hydrogen (secondary N) is 1. The summed E-state index contributed by atoms with van der Waals surface area (Å²) in [5.74, 6) is 0. The van der Waals surface area contributed by atoms with E-state index in [1.54, 1.807) is 6.20 Å². The molecular formula is C6H9N3S. The molecule has 0 amide bonds. The second kappa shape index (κ2) is 2.54. The molecule has 1 aromatic heterocycles. The van der Waals surface area contributed by atoms with Crippen molar-refractivity contribution in [1.29, 1.82) is 0 Å². The zero-order valence-corrected chi connectivity index (χ0v) is 6.40. The molecule has 0 aliphatic heterocycles. The highest BCUT2D eigenvalue weighted by Crippen LogP contribution is 2.23. The van der Waals surface area contributed by atoms with Crippen molar-refractivity contribution in [2.45, 2.75) is 25.3 Å². The summed E-state index contributed by atoms with van der Waals surface area (Å²) >= 11 is 1.43. The van der Waals surface area contributed by atoms with Gasteiger partial charge in [0.2, 0.25) is 0 Å². The van der Waals surface area contributed by atoms with Crippen LogP contribution in [0.15, 0.2) is 6.20 Å². The van der Waals surface area contributed by atoms with Gasteiger partial charge in [-0.25, -0.2) is 0 Å². The van der Waals surface area contributed by atoms with Crippen molar-refractivity contribution < 1.29 is 0 Å². The van der Waals surface area contributed by atoms with Crippen LogP contribution in [-0.2, 0) is 0 Å². The van der Waals surface area contributed by atoms with Gasteiger partial charge in [0.25, 0.3) is 0 Å². The van der Waals surface area contributed by atoms with Crippen LogP contribution in [0, 0.1) is 0 Å². The zero-order valence-electron chi connectivity index (χ0n) is 5.58. The molecule has 1 N–H and O–H groups in total. The molecule has 1 heterocycles. The van der Waals surface area contributed by atoms with E-state index in [-0.39, 0.29) is 0 Å². The molecule has 0 spiro atoms. The molecule has 1 aromatic rings. The van der Waals surface area contributed by atoms with Crippen LogP contribution in [0.4, 0.5) is 5.00 Å². The van der Waals surface area contributed by atoms with Crippen molar-refractivity contribution in [2.75, 3.05) is 5.32 Å².